The van der Waals surface area contributed by atoms with E-state index in [0.29, 0.717) is 6.42 Å². The minimum atomic E-state index is -0.305. The second kappa shape index (κ2) is 5.55. The molecular weight excluding hydrogens is 230 g/mol. The molecule has 5 heteroatoms. The van der Waals surface area contributed by atoms with Gasteiger partial charge in [-0.1, -0.05) is 25.1 Å². The highest BCUT2D eigenvalue weighted by Crippen LogP contribution is 2.22. The first kappa shape index (κ1) is 12.4. The van der Waals surface area contributed by atoms with Crippen LogP contribution in [0.25, 0.3) is 10.9 Å². The van der Waals surface area contributed by atoms with Gasteiger partial charge in [0.15, 0.2) is 0 Å². The molecule has 0 radical (unpaired) electrons. The number of carbonyl (C=O) groups excluding carboxylic acids is 1. The first-order valence-electron chi connectivity index (χ1n) is 5.99. The lowest BCUT2D eigenvalue weighted by atomic mass is 10.2. The minimum Gasteiger partial charge on any atom is -0.394 e. The Morgan fingerprint density at radius 1 is 1.44 bits per heavy atom. The number of aromatic nitrogens is 1. The normalized spacial score (nSPS) is 12.3. The lowest BCUT2D eigenvalue weighted by Gasteiger charge is -2.14. The molecule has 2 rings (SSSR count). The molecule has 0 spiro atoms. The predicted molar refractivity (Wildman–Crippen MR) is 71.6 cm³/mol. The van der Waals surface area contributed by atoms with Gasteiger partial charge in [-0.05, 0) is 12.5 Å². The SMILES string of the molecule is CCC(CO)NC(=O)Nc1c[nH]c2ccccc12. The predicted octanol–water partition coefficient (Wildman–Crippen LogP) is 2.06. The van der Waals surface area contributed by atoms with E-state index in [4.69, 9.17) is 5.11 Å². The third kappa shape index (κ3) is 2.62. The second-order valence-electron chi connectivity index (χ2n) is 4.13. The van der Waals surface area contributed by atoms with E-state index in [1.54, 1.807) is 6.20 Å². The third-order valence-electron chi connectivity index (χ3n) is 2.89. The van der Waals surface area contributed by atoms with Crippen LogP contribution in [0.5, 0.6) is 0 Å². The van der Waals surface area contributed by atoms with Crippen molar-refractivity contribution in [3.8, 4) is 0 Å². The van der Waals surface area contributed by atoms with E-state index in [-0.39, 0.29) is 18.7 Å². The molecule has 0 aliphatic rings. The summed E-state index contributed by atoms with van der Waals surface area (Å²) in [6.45, 7) is 1.85. The fourth-order valence-electron chi connectivity index (χ4n) is 1.80. The van der Waals surface area contributed by atoms with Gasteiger partial charge < -0.3 is 20.7 Å². The number of hydrogen-bond donors (Lipinski definition) is 4. The van der Waals surface area contributed by atoms with Crippen molar-refractivity contribution in [1.29, 1.82) is 0 Å². The van der Waals surface area contributed by atoms with Crippen LogP contribution in [-0.4, -0.2) is 28.8 Å². The van der Waals surface area contributed by atoms with Crippen LogP contribution in [0.1, 0.15) is 13.3 Å². The molecule has 1 unspecified atom stereocenters. The van der Waals surface area contributed by atoms with Crippen LogP contribution in [0.4, 0.5) is 10.5 Å². The Labute approximate surface area is 105 Å². The zero-order valence-electron chi connectivity index (χ0n) is 10.2. The second-order valence-corrected chi connectivity index (χ2v) is 4.13. The summed E-state index contributed by atoms with van der Waals surface area (Å²) >= 11 is 0. The first-order valence-corrected chi connectivity index (χ1v) is 5.99. The van der Waals surface area contributed by atoms with Gasteiger partial charge in [-0.3, -0.25) is 0 Å². The molecule has 0 bridgehead atoms. The van der Waals surface area contributed by atoms with Crippen molar-refractivity contribution in [3.63, 3.8) is 0 Å². The van der Waals surface area contributed by atoms with Crippen LogP contribution in [0, 0.1) is 0 Å². The number of para-hydroxylation sites is 1. The molecule has 18 heavy (non-hydrogen) atoms. The van der Waals surface area contributed by atoms with Gasteiger partial charge in [-0.25, -0.2) is 4.79 Å². The lowest BCUT2D eigenvalue weighted by molar-refractivity contribution is 0.222. The van der Waals surface area contributed by atoms with Crippen molar-refractivity contribution >= 4 is 22.6 Å². The Bertz CT molecular complexity index is 532. The zero-order chi connectivity index (χ0) is 13.0. The molecule has 0 aliphatic carbocycles. The Kier molecular flexibility index (Phi) is 3.84. The Morgan fingerprint density at radius 3 is 2.94 bits per heavy atom. The molecule has 0 fully saturated rings. The summed E-state index contributed by atoms with van der Waals surface area (Å²) in [6, 6.07) is 7.21. The number of amides is 2. The van der Waals surface area contributed by atoms with Crippen molar-refractivity contribution < 1.29 is 9.90 Å². The van der Waals surface area contributed by atoms with E-state index < -0.39 is 0 Å². The number of carbonyl (C=O) groups is 1. The average molecular weight is 247 g/mol. The van der Waals surface area contributed by atoms with E-state index in [9.17, 15) is 4.79 Å². The largest absolute Gasteiger partial charge is 0.394 e. The molecule has 96 valence electrons. The van der Waals surface area contributed by atoms with Crippen molar-refractivity contribution in [2.75, 3.05) is 11.9 Å². The number of hydrogen-bond acceptors (Lipinski definition) is 2. The molecule has 0 saturated heterocycles. The maximum atomic E-state index is 11.7. The summed E-state index contributed by atoms with van der Waals surface area (Å²) in [7, 11) is 0. The number of benzene rings is 1. The molecular formula is C13H17N3O2. The van der Waals surface area contributed by atoms with Gasteiger partial charge in [0, 0.05) is 17.1 Å². The third-order valence-corrected chi connectivity index (χ3v) is 2.89. The smallest absolute Gasteiger partial charge is 0.319 e. The average Bonchev–Trinajstić information content (AvgIpc) is 2.79. The molecule has 0 aliphatic heterocycles. The number of nitrogens with one attached hydrogen (secondary N) is 3. The van der Waals surface area contributed by atoms with Gasteiger partial charge in [0.1, 0.15) is 0 Å². The van der Waals surface area contributed by atoms with E-state index in [0.717, 1.165) is 16.6 Å². The van der Waals surface area contributed by atoms with Crippen molar-refractivity contribution in [2.45, 2.75) is 19.4 Å². The Morgan fingerprint density at radius 2 is 2.22 bits per heavy atom. The van der Waals surface area contributed by atoms with Crippen molar-refractivity contribution in [2.24, 2.45) is 0 Å². The number of H-pyrrole nitrogens is 1. The van der Waals surface area contributed by atoms with Crippen LogP contribution in [0.15, 0.2) is 30.5 Å². The van der Waals surface area contributed by atoms with Crippen LogP contribution in [0.2, 0.25) is 0 Å². The van der Waals surface area contributed by atoms with Gasteiger partial charge in [-0.15, -0.1) is 0 Å². The molecule has 2 amide bonds. The van der Waals surface area contributed by atoms with E-state index in [2.05, 4.69) is 15.6 Å². The molecule has 1 aromatic heterocycles. The highest BCUT2D eigenvalue weighted by Gasteiger charge is 2.10. The number of rotatable bonds is 4. The number of anilines is 1. The fraction of sp³-hybridized carbons (Fsp3) is 0.308. The van der Waals surface area contributed by atoms with Crippen LogP contribution < -0.4 is 10.6 Å². The zero-order valence-corrected chi connectivity index (χ0v) is 10.2. The van der Waals surface area contributed by atoms with Gasteiger partial charge >= 0.3 is 6.03 Å². The highest BCUT2D eigenvalue weighted by molar-refractivity contribution is 6.00. The lowest BCUT2D eigenvalue weighted by Crippen LogP contribution is -2.39. The molecule has 0 saturated carbocycles. The molecule has 1 atom stereocenters. The van der Waals surface area contributed by atoms with Crippen LogP contribution in [0.3, 0.4) is 0 Å². The maximum absolute atomic E-state index is 11.7. The number of urea groups is 1. The highest BCUT2D eigenvalue weighted by atomic mass is 16.3. The van der Waals surface area contributed by atoms with E-state index in [1.807, 2.05) is 31.2 Å². The van der Waals surface area contributed by atoms with Gasteiger partial charge in [-0.2, -0.15) is 0 Å². The Hall–Kier alpha value is -2.01. The molecule has 4 N–H and O–H groups in total. The standard InChI is InChI=1S/C13H17N3O2/c1-2-9(8-17)15-13(18)16-12-7-14-11-6-4-3-5-10(11)12/h3-7,9,14,17H,2,8H2,1H3,(H2,15,16,18). The minimum absolute atomic E-state index is 0.0577. The number of aliphatic hydroxyl groups is 1. The molecule has 5 nitrogen and oxygen atoms in total. The topological polar surface area (TPSA) is 77.2 Å². The molecule has 1 heterocycles. The summed E-state index contributed by atoms with van der Waals surface area (Å²) in [5, 5.41) is 15.5. The summed E-state index contributed by atoms with van der Waals surface area (Å²) in [6.07, 6.45) is 2.45. The van der Waals surface area contributed by atoms with E-state index >= 15 is 0 Å². The van der Waals surface area contributed by atoms with Gasteiger partial charge in [0.25, 0.3) is 0 Å². The number of aromatic amines is 1. The molecule has 1 aromatic carbocycles. The first-order chi connectivity index (χ1) is 8.74. The maximum Gasteiger partial charge on any atom is 0.319 e. The molecule has 2 aromatic rings. The summed E-state index contributed by atoms with van der Waals surface area (Å²) in [5.41, 5.74) is 1.71. The number of aliphatic hydroxyl groups excluding tert-OH is 1. The Balaban J connectivity index is 2.07. The monoisotopic (exact) mass is 247 g/mol. The quantitative estimate of drug-likeness (QED) is 0.667. The van der Waals surface area contributed by atoms with Crippen LogP contribution in [-0.2, 0) is 0 Å². The van der Waals surface area contributed by atoms with Crippen LogP contribution >= 0.6 is 0 Å². The summed E-state index contributed by atoms with van der Waals surface area (Å²) in [5.74, 6) is 0. The fourth-order valence-corrected chi connectivity index (χ4v) is 1.80. The number of fused-ring (bicyclic) bond motifs is 1. The van der Waals surface area contributed by atoms with Gasteiger partial charge in [0.05, 0.1) is 18.3 Å². The summed E-state index contributed by atoms with van der Waals surface area (Å²) < 4.78 is 0. The van der Waals surface area contributed by atoms with E-state index in [1.165, 1.54) is 0 Å². The van der Waals surface area contributed by atoms with Crippen molar-refractivity contribution in [1.82, 2.24) is 10.3 Å². The summed E-state index contributed by atoms with van der Waals surface area (Å²) in [4.78, 5) is 14.8. The van der Waals surface area contributed by atoms with Gasteiger partial charge in [0.2, 0.25) is 0 Å². The van der Waals surface area contributed by atoms with Crippen molar-refractivity contribution in [3.05, 3.63) is 30.5 Å².